The van der Waals surface area contributed by atoms with Crippen molar-refractivity contribution in [2.45, 2.75) is 68.9 Å². The van der Waals surface area contributed by atoms with E-state index in [1.165, 1.54) is 22.0 Å². The quantitative estimate of drug-likeness (QED) is 0.442. The van der Waals surface area contributed by atoms with Gasteiger partial charge in [0.15, 0.2) is 0 Å². The second kappa shape index (κ2) is 10.3. The summed E-state index contributed by atoms with van der Waals surface area (Å²) in [6.45, 7) is 1.44. The maximum atomic E-state index is 13.1. The van der Waals surface area contributed by atoms with Gasteiger partial charge in [-0.2, -0.15) is 0 Å². The van der Waals surface area contributed by atoms with Crippen molar-refractivity contribution in [3.63, 3.8) is 0 Å². The van der Waals surface area contributed by atoms with Crippen molar-refractivity contribution in [2.24, 2.45) is 17.6 Å². The van der Waals surface area contributed by atoms with Crippen LogP contribution in [0.3, 0.4) is 0 Å². The van der Waals surface area contributed by atoms with Crippen molar-refractivity contribution in [3.05, 3.63) is 71.9 Å². The van der Waals surface area contributed by atoms with Crippen LogP contribution in [0, 0.1) is 11.8 Å². The summed E-state index contributed by atoms with van der Waals surface area (Å²) in [5.74, 6) is 1.26. The summed E-state index contributed by atoms with van der Waals surface area (Å²) in [6, 6.07) is 18.9. The van der Waals surface area contributed by atoms with Gasteiger partial charge in [0.1, 0.15) is 0 Å². The Labute approximate surface area is 219 Å². The number of rotatable bonds is 7. The number of hydrogen-bond donors (Lipinski definition) is 3. The Bertz CT molecular complexity index is 1240. The number of aromatic nitrogens is 1. The first-order valence-electron chi connectivity index (χ1n) is 14.0. The molecule has 2 aliphatic carbocycles. The molecule has 3 atom stereocenters. The van der Waals surface area contributed by atoms with Gasteiger partial charge in [-0.05, 0) is 79.9 Å². The Hall–Kier alpha value is -3.12. The van der Waals surface area contributed by atoms with Crippen molar-refractivity contribution < 1.29 is 9.59 Å². The molecule has 2 heterocycles. The van der Waals surface area contributed by atoms with Gasteiger partial charge in [0.05, 0.1) is 6.04 Å². The Morgan fingerprint density at radius 1 is 0.919 bits per heavy atom. The number of amides is 2. The molecular formula is C31H38N4O2. The summed E-state index contributed by atoms with van der Waals surface area (Å²) >= 11 is 0. The SMILES string of the molecule is NC(=O)C(NC1CCC(c2c[nH]c3ccccc23)CC1)C1CCN(C(=O)C2CC2c2ccccc2)CC1. The molecule has 6 heteroatoms. The first kappa shape index (κ1) is 24.2. The normalized spacial score (nSPS) is 27.2. The van der Waals surface area contributed by atoms with Crippen LogP contribution in [0.15, 0.2) is 60.8 Å². The Morgan fingerprint density at radius 2 is 1.62 bits per heavy atom. The van der Waals surface area contributed by atoms with Crippen LogP contribution in [-0.2, 0) is 9.59 Å². The van der Waals surface area contributed by atoms with Crippen molar-refractivity contribution in [1.29, 1.82) is 0 Å². The lowest BCUT2D eigenvalue weighted by atomic mass is 9.80. The molecule has 37 heavy (non-hydrogen) atoms. The Kier molecular flexibility index (Phi) is 6.76. The van der Waals surface area contributed by atoms with Crippen molar-refractivity contribution in [1.82, 2.24) is 15.2 Å². The minimum absolute atomic E-state index is 0.122. The minimum Gasteiger partial charge on any atom is -0.368 e. The van der Waals surface area contributed by atoms with Gasteiger partial charge < -0.3 is 20.9 Å². The van der Waals surface area contributed by atoms with E-state index in [0.29, 0.717) is 17.9 Å². The molecule has 1 aliphatic heterocycles. The lowest BCUT2D eigenvalue weighted by molar-refractivity contribution is -0.134. The lowest BCUT2D eigenvalue weighted by Crippen LogP contribution is -2.54. The summed E-state index contributed by atoms with van der Waals surface area (Å²) in [4.78, 5) is 31.0. The molecule has 194 valence electrons. The highest BCUT2D eigenvalue weighted by molar-refractivity contribution is 5.84. The maximum absolute atomic E-state index is 13.1. The van der Waals surface area contributed by atoms with E-state index in [4.69, 9.17) is 5.73 Å². The largest absolute Gasteiger partial charge is 0.368 e. The molecule has 3 aliphatic rings. The molecule has 1 saturated heterocycles. The highest BCUT2D eigenvalue weighted by Crippen LogP contribution is 2.48. The molecule has 6 nitrogen and oxygen atoms in total. The first-order valence-corrected chi connectivity index (χ1v) is 14.0. The smallest absolute Gasteiger partial charge is 0.234 e. The molecule has 0 radical (unpaired) electrons. The molecule has 2 saturated carbocycles. The van der Waals surface area contributed by atoms with Gasteiger partial charge in [-0.3, -0.25) is 9.59 Å². The van der Waals surface area contributed by atoms with E-state index in [2.05, 4.69) is 52.9 Å². The van der Waals surface area contributed by atoms with Crippen LogP contribution in [0.2, 0.25) is 0 Å². The standard InChI is InChI=1S/C31H38N4O2/c32-30(36)29(34-23-12-10-21(11-13-23)27-19-33-28-9-5-4-8-24(27)28)22-14-16-35(17-15-22)31(37)26-18-25(26)20-6-2-1-3-7-20/h1-9,19,21-23,25-26,29,33-34H,10-18H2,(H2,32,36). The number of primary amides is 1. The summed E-state index contributed by atoms with van der Waals surface area (Å²) < 4.78 is 0. The van der Waals surface area contributed by atoms with Crippen molar-refractivity contribution in [2.75, 3.05) is 13.1 Å². The van der Waals surface area contributed by atoms with Crippen LogP contribution < -0.4 is 11.1 Å². The van der Waals surface area contributed by atoms with Gasteiger partial charge in [0.2, 0.25) is 11.8 Å². The Balaban J connectivity index is 1.00. The van der Waals surface area contributed by atoms with E-state index >= 15 is 0 Å². The number of H-pyrrole nitrogens is 1. The average molecular weight is 499 g/mol. The number of benzene rings is 2. The van der Waals surface area contributed by atoms with E-state index in [1.54, 1.807) is 0 Å². The van der Waals surface area contributed by atoms with Crippen LogP contribution in [0.25, 0.3) is 10.9 Å². The third kappa shape index (κ3) is 5.04. The second-order valence-corrected chi connectivity index (χ2v) is 11.4. The number of aromatic amines is 1. The lowest BCUT2D eigenvalue weighted by Gasteiger charge is -2.38. The number of nitrogens with two attached hydrogens (primary N) is 1. The van der Waals surface area contributed by atoms with Gasteiger partial charge >= 0.3 is 0 Å². The highest BCUT2D eigenvalue weighted by Gasteiger charge is 2.46. The highest BCUT2D eigenvalue weighted by atomic mass is 16.2. The fourth-order valence-electron chi connectivity index (χ4n) is 6.93. The number of fused-ring (bicyclic) bond motifs is 1. The average Bonchev–Trinajstić information content (AvgIpc) is 3.63. The molecule has 0 spiro atoms. The molecule has 3 aromatic rings. The fourth-order valence-corrected chi connectivity index (χ4v) is 6.93. The molecule has 2 amide bonds. The summed E-state index contributed by atoms with van der Waals surface area (Å²) in [5.41, 5.74) is 9.79. The molecule has 2 aromatic carbocycles. The monoisotopic (exact) mass is 498 g/mol. The number of hydrogen-bond acceptors (Lipinski definition) is 3. The van der Waals surface area contributed by atoms with E-state index in [1.807, 2.05) is 23.1 Å². The summed E-state index contributed by atoms with van der Waals surface area (Å²) in [6.07, 6.45) is 9.12. The van der Waals surface area contributed by atoms with Gasteiger partial charge in [-0.15, -0.1) is 0 Å². The van der Waals surface area contributed by atoms with Gasteiger partial charge in [0, 0.05) is 42.1 Å². The van der Waals surface area contributed by atoms with Crippen molar-refractivity contribution >= 4 is 22.7 Å². The third-order valence-electron chi connectivity index (χ3n) is 9.17. The van der Waals surface area contributed by atoms with Gasteiger partial charge in [-0.1, -0.05) is 48.5 Å². The maximum Gasteiger partial charge on any atom is 0.234 e. The molecule has 0 bridgehead atoms. The van der Waals surface area contributed by atoms with Crippen molar-refractivity contribution in [3.8, 4) is 0 Å². The zero-order valence-corrected chi connectivity index (χ0v) is 21.4. The first-order chi connectivity index (χ1) is 18.1. The van der Waals surface area contributed by atoms with Crippen LogP contribution in [-0.4, -0.2) is 46.9 Å². The van der Waals surface area contributed by atoms with E-state index < -0.39 is 0 Å². The molecule has 6 rings (SSSR count). The van der Waals surface area contributed by atoms with Gasteiger partial charge in [-0.25, -0.2) is 0 Å². The zero-order chi connectivity index (χ0) is 25.4. The summed E-state index contributed by atoms with van der Waals surface area (Å²) in [5, 5.41) is 4.98. The predicted molar refractivity (Wildman–Crippen MR) is 146 cm³/mol. The topological polar surface area (TPSA) is 91.2 Å². The summed E-state index contributed by atoms with van der Waals surface area (Å²) in [7, 11) is 0. The molecule has 3 fully saturated rings. The molecule has 3 unspecified atom stereocenters. The number of carbonyl (C=O) groups is 2. The number of nitrogens with one attached hydrogen (secondary N) is 2. The van der Waals surface area contributed by atoms with E-state index in [0.717, 1.165) is 58.0 Å². The van der Waals surface area contributed by atoms with E-state index in [9.17, 15) is 9.59 Å². The molecule has 4 N–H and O–H groups in total. The molecular weight excluding hydrogens is 460 g/mol. The fraction of sp³-hybridized carbons (Fsp3) is 0.484. The number of piperidine rings is 1. The number of likely N-dealkylation sites (tertiary alicyclic amines) is 1. The zero-order valence-electron chi connectivity index (χ0n) is 21.4. The van der Waals surface area contributed by atoms with Crippen LogP contribution >= 0.6 is 0 Å². The number of para-hydroxylation sites is 1. The van der Waals surface area contributed by atoms with Crippen LogP contribution in [0.5, 0.6) is 0 Å². The Morgan fingerprint density at radius 3 is 2.35 bits per heavy atom. The number of nitrogens with zero attached hydrogens (tertiary/aromatic N) is 1. The third-order valence-corrected chi connectivity index (χ3v) is 9.17. The molecule has 1 aromatic heterocycles. The number of carbonyl (C=O) groups excluding carboxylic acids is 2. The second-order valence-electron chi connectivity index (χ2n) is 11.4. The van der Waals surface area contributed by atoms with Crippen LogP contribution in [0.1, 0.15) is 67.9 Å². The predicted octanol–water partition coefficient (Wildman–Crippen LogP) is 4.68. The van der Waals surface area contributed by atoms with E-state index in [-0.39, 0.29) is 29.7 Å². The van der Waals surface area contributed by atoms with Crippen LogP contribution in [0.4, 0.5) is 0 Å². The van der Waals surface area contributed by atoms with Gasteiger partial charge in [0.25, 0.3) is 0 Å². The minimum atomic E-state index is -0.315.